The lowest BCUT2D eigenvalue weighted by Crippen LogP contribution is -2.60. The summed E-state index contributed by atoms with van der Waals surface area (Å²) in [5, 5.41) is 63.7. The molecular weight excluding hydrogens is 848 g/mol. The number of hydrogen-bond acceptors (Lipinski definition) is 10. The monoisotopic (exact) mass is 914 g/mol. The Kier molecular flexibility index (Phi) is 12.7. The van der Waals surface area contributed by atoms with Crippen LogP contribution in [0.1, 0.15) is 124 Å². The lowest BCUT2D eigenvalue weighted by Gasteiger charge is -2.62. The molecule has 0 aromatic carbocycles. The summed E-state index contributed by atoms with van der Waals surface area (Å²) >= 11 is 7.49. The van der Waals surface area contributed by atoms with Gasteiger partial charge in [-0.05, 0) is 136 Å². The number of halogens is 2. The van der Waals surface area contributed by atoms with E-state index in [1.54, 1.807) is 13.8 Å². The van der Waals surface area contributed by atoms with Gasteiger partial charge in [-0.25, -0.2) is 0 Å². The highest BCUT2D eigenvalue weighted by Gasteiger charge is 2.68. The minimum Gasteiger partial charge on any atom is -0.460 e. The minimum atomic E-state index is -0.574. The smallest absolute Gasteiger partial charge is 0.305 e. The fraction of sp³-hybridized carbons (Fsp3) is 0.909. The molecule has 8 aliphatic rings. The first-order chi connectivity index (χ1) is 26.5. The number of hydrogen-bond donors (Lipinski definition) is 6. The van der Waals surface area contributed by atoms with Gasteiger partial charge in [0.25, 0.3) is 0 Å². The number of rotatable bonds is 6. The van der Waals surface area contributed by atoms with Gasteiger partial charge in [0.2, 0.25) is 0 Å². The van der Waals surface area contributed by atoms with Gasteiger partial charge in [0.1, 0.15) is 12.2 Å². The van der Waals surface area contributed by atoms with Crippen molar-refractivity contribution in [2.24, 2.45) is 63.1 Å². The van der Waals surface area contributed by atoms with E-state index in [0.717, 1.165) is 77.0 Å². The summed E-state index contributed by atoms with van der Waals surface area (Å²) in [4.78, 5) is 24.1. The summed E-state index contributed by atoms with van der Waals surface area (Å²) in [6, 6.07) is 0. The largest absolute Gasteiger partial charge is 0.460 e. The average molecular weight is 917 g/mol. The Labute approximate surface area is 350 Å². The lowest BCUT2D eigenvalue weighted by molar-refractivity contribution is -0.194. The second-order valence-electron chi connectivity index (χ2n) is 19.9. The third-order valence-corrected chi connectivity index (χ3v) is 19.4. The van der Waals surface area contributed by atoms with Crippen LogP contribution in [0.15, 0.2) is 11.6 Å². The first kappa shape index (κ1) is 43.5. The fourth-order valence-electron chi connectivity index (χ4n) is 14.7. The van der Waals surface area contributed by atoms with Crippen molar-refractivity contribution >= 4 is 43.8 Å². The SMILES string of the molecule is CCC(=O)O[C@H]1[C@H](Br)CC2C3C(CC[C@@]21CO)[C@@]1(C)CC[C@H](O)CC1=C[C@@H]3O.CCC(=O)O[C@H]1[C@H](Br)CC2C3C(CC[C@@]21CO)[C@@]1(C)CC[C@H](O)CC1C[C@@H]3O. The molecule has 12 heteroatoms. The predicted molar refractivity (Wildman–Crippen MR) is 218 cm³/mol. The van der Waals surface area contributed by atoms with Crippen molar-refractivity contribution in [3.8, 4) is 0 Å². The molecule has 10 nitrogen and oxygen atoms in total. The maximum Gasteiger partial charge on any atom is 0.305 e. The van der Waals surface area contributed by atoms with Crippen LogP contribution in [0.25, 0.3) is 0 Å². The van der Waals surface area contributed by atoms with Crippen LogP contribution in [0, 0.1) is 63.1 Å². The second kappa shape index (κ2) is 16.4. The molecule has 0 aromatic heterocycles. The maximum atomic E-state index is 12.1. The molecule has 0 spiro atoms. The predicted octanol–water partition coefficient (Wildman–Crippen LogP) is 5.98. The van der Waals surface area contributed by atoms with Crippen LogP contribution in [-0.4, -0.2) is 102 Å². The molecule has 0 aromatic rings. The Morgan fingerprint density at radius 2 is 1.23 bits per heavy atom. The Balaban J connectivity index is 0.000000172. The van der Waals surface area contributed by atoms with E-state index in [-0.39, 0.29) is 93.7 Å². The number of fused-ring (bicyclic) bond motifs is 10. The Morgan fingerprint density at radius 3 is 1.79 bits per heavy atom. The molecule has 0 saturated heterocycles. The summed E-state index contributed by atoms with van der Waals surface area (Å²) in [7, 11) is 0. The second-order valence-corrected chi connectivity index (χ2v) is 22.3. The molecule has 7 fully saturated rings. The van der Waals surface area contributed by atoms with Gasteiger partial charge in [-0.2, -0.15) is 0 Å². The number of ether oxygens (including phenoxy) is 2. The summed E-state index contributed by atoms with van der Waals surface area (Å²) in [5.74, 6) is 1.08. The summed E-state index contributed by atoms with van der Waals surface area (Å²) < 4.78 is 11.7. The van der Waals surface area contributed by atoms with Gasteiger partial charge < -0.3 is 40.1 Å². The molecule has 0 amide bonds. The minimum absolute atomic E-state index is 0.00235. The fourth-order valence-corrected chi connectivity index (χ4v) is 16.8. The van der Waals surface area contributed by atoms with Crippen molar-refractivity contribution in [3.63, 3.8) is 0 Å². The van der Waals surface area contributed by atoms with Crippen molar-refractivity contribution in [1.29, 1.82) is 0 Å². The molecule has 0 radical (unpaired) electrons. The molecule has 0 aliphatic heterocycles. The van der Waals surface area contributed by atoms with E-state index in [2.05, 4.69) is 45.7 Å². The highest BCUT2D eigenvalue weighted by Crippen LogP contribution is 2.68. The van der Waals surface area contributed by atoms with Crippen molar-refractivity contribution in [1.82, 2.24) is 0 Å². The van der Waals surface area contributed by atoms with E-state index in [4.69, 9.17) is 9.47 Å². The van der Waals surface area contributed by atoms with E-state index >= 15 is 0 Å². The van der Waals surface area contributed by atoms with Gasteiger partial charge in [0.15, 0.2) is 0 Å². The summed E-state index contributed by atoms with van der Waals surface area (Å²) in [6.45, 7) is 8.23. The third kappa shape index (κ3) is 6.94. The Hall–Kier alpha value is -0.600. The molecule has 318 valence electrons. The zero-order valence-corrected chi connectivity index (χ0v) is 37.0. The zero-order valence-electron chi connectivity index (χ0n) is 33.8. The van der Waals surface area contributed by atoms with Gasteiger partial charge in [-0.3, -0.25) is 9.59 Å². The maximum absolute atomic E-state index is 12.1. The van der Waals surface area contributed by atoms with Crippen molar-refractivity contribution < 1.29 is 49.7 Å². The van der Waals surface area contributed by atoms with Gasteiger partial charge in [0, 0.05) is 23.7 Å². The number of carbonyl (C=O) groups excluding carboxylic acids is 2. The molecule has 19 atom stereocenters. The normalized spacial score (nSPS) is 51.6. The van der Waals surface area contributed by atoms with Gasteiger partial charge >= 0.3 is 11.9 Å². The first-order valence-corrected chi connectivity index (χ1v) is 23.7. The van der Waals surface area contributed by atoms with Gasteiger partial charge in [-0.1, -0.05) is 71.2 Å². The summed E-state index contributed by atoms with van der Waals surface area (Å²) in [6.07, 6.45) is 11.3. The number of alkyl halides is 2. The molecule has 0 heterocycles. The molecule has 8 aliphatic carbocycles. The number of esters is 2. The van der Waals surface area contributed by atoms with Crippen LogP contribution in [0.3, 0.4) is 0 Å². The molecule has 56 heavy (non-hydrogen) atoms. The number of carbonyl (C=O) groups is 2. The molecule has 7 unspecified atom stereocenters. The van der Waals surface area contributed by atoms with Gasteiger partial charge in [-0.15, -0.1) is 0 Å². The van der Waals surface area contributed by atoms with Crippen molar-refractivity contribution in [2.75, 3.05) is 13.2 Å². The highest BCUT2D eigenvalue weighted by molar-refractivity contribution is 9.09. The third-order valence-electron chi connectivity index (χ3n) is 17.7. The standard InChI is InChI=1S/C22H35BrO5.C22H33BrO5/c2*1-3-18(27)28-20-16(23)10-15-19-14(5-7-22(15,20)11-24)21(2)6-4-13(25)8-12(21)9-17(19)26/h12-17,19-20,24-26H,3-11H2,1-2H3;9,13-17,19-20,24-26H,3-8,10-11H2,1-2H3/t12?,13-,14?,15?,16+,17-,19?,20-,21-,22+;13-,14?,15?,16+,17-,19?,20-,21-,22+/m00/s1. The van der Waals surface area contributed by atoms with E-state index in [0.29, 0.717) is 37.0 Å². The van der Waals surface area contributed by atoms with Crippen LogP contribution < -0.4 is 0 Å². The molecule has 0 bridgehead atoms. The highest BCUT2D eigenvalue weighted by atomic mass is 79.9. The van der Waals surface area contributed by atoms with Gasteiger partial charge in [0.05, 0.1) is 47.3 Å². The molecular formula is C44H68Br2O10. The van der Waals surface area contributed by atoms with Crippen molar-refractivity contribution in [2.45, 2.75) is 170 Å². The quantitative estimate of drug-likeness (QED) is 0.106. The zero-order chi connectivity index (χ0) is 40.5. The average Bonchev–Trinajstić information content (AvgIpc) is 3.62. The van der Waals surface area contributed by atoms with Crippen LogP contribution in [0.2, 0.25) is 0 Å². The Morgan fingerprint density at radius 1 is 0.696 bits per heavy atom. The Bertz CT molecular complexity index is 1490. The molecule has 6 N–H and O–H groups in total. The van der Waals surface area contributed by atoms with Crippen LogP contribution in [0.5, 0.6) is 0 Å². The van der Waals surface area contributed by atoms with E-state index < -0.39 is 23.0 Å². The van der Waals surface area contributed by atoms with Crippen molar-refractivity contribution in [3.05, 3.63) is 11.6 Å². The summed E-state index contributed by atoms with van der Waals surface area (Å²) in [5.41, 5.74) is 0.407. The number of aliphatic hydroxyl groups excluding tert-OH is 6. The van der Waals surface area contributed by atoms with Crippen LogP contribution >= 0.6 is 31.9 Å². The van der Waals surface area contributed by atoms with E-state index in [9.17, 15) is 40.2 Å². The molecule has 8 rings (SSSR count). The lowest BCUT2D eigenvalue weighted by atomic mass is 9.44. The van der Waals surface area contributed by atoms with Crippen LogP contribution in [0.4, 0.5) is 0 Å². The van der Waals surface area contributed by atoms with E-state index in [1.807, 2.05) is 6.08 Å². The van der Waals surface area contributed by atoms with Crippen LogP contribution in [-0.2, 0) is 19.1 Å². The van der Waals surface area contributed by atoms with E-state index in [1.165, 1.54) is 5.57 Å². The molecule has 7 saturated carbocycles. The topological polar surface area (TPSA) is 174 Å². The number of aliphatic hydroxyl groups is 6. The first-order valence-electron chi connectivity index (χ1n) is 21.9.